The van der Waals surface area contributed by atoms with E-state index in [1.807, 2.05) is 0 Å². The summed E-state index contributed by atoms with van der Waals surface area (Å²) in [5, 5.41) is 17.7. The lowest BCUT2D eigenvalue weighted by molar-refractivity contribution is -0.141. The van der Waals surface area contributed by atoms with Crippen LogP contribution in [0.15, 0.2) is 93.2 Å². The van der Waals surface area contributed by atoms with Crippen LogP contribution in [-0.4, -0.2) is 69.9 Å². The first-order valence-corrected chi connectivity index (χ1v) is 24.6. The van der Waals surface area contributed by atoms with Gasteiger partial charge in [-0.15, -0.1) is 0 Å². The highest BCUT2D eigenvalue weighted by atomic mass is 32.2. The largest absolute Gasteiger partial charge is 0.480 e. The molecule has 0 saturated carbocycles. The zero-order chi connectivity index (χ0) is 46.2. The average Bonchev–Trinajstić information content (AvgIpc) is 3.16. The van der Waals surface area contributed by atoms with Crippen LogP contribution in [0.1, 0.15) is 160 Å². The molecule has 0 spiro atoms. The molecule has 0 unspecified atom stereocenters. The smallest absolute Gasteiger partial charge is 0.327 e. The summed E-state index contributed by atoms with van der Waals surface area (Å²) >= 11 is 2.96. The Labute approximate surface area is 380 Å². The summed E-state index contributed by atoms with van der Waals surface area (Å²) in [7, 11) is 0. The van der Waals surface area contributed by atoms with Crippen LogP contribution >= 0.6 is 23.5 Å². The molecule has 10 heteroatoms. The monoisotopic (exact) mass is 882 g/mol. The van der Waals surface area contributed by atoms with Crippen LogP contribution in [0.2, 0.25) is 0 Å². The van der Waals surface area contributed by atoms with Crippen molar-refractivity contribution in [2.75, 3.05) is 23.0 Å². The number of hydrogen-bond donors (Lipinski definition) is 4. The molecule has 3 atom stereocenters. The maximum Gasteiger partial charge on any atom is 0.327 e. The topological polar surface area (TPSA) is 125 Å². The van der Waals surface area contributed by atoms with Gasteiger partial charge in [0.05, 0.1) is 0 Å². The van der Waals surface area contributed by atoms with E-state index in [4.69, 9.17) is 0 Å². The van der Waals surface area contributed by atoms with Crippen molar-refractivity contribution in [2.45, 2.75) is 178 Å². The quantitative estimate of drug-likeness (QED) is 0.0392. The van der Waals surface area contributed by atoms with Gasteiger partial charge < -0.3 is 21.1 Å². The van der Waals surface area contributed by atoms with Gasteiger partial charge in [0.25, 0.3) is 0 Å². The highest BCUT2D eigenvalue weighted by Crippen LogP contribution is 2.17. The van der Waals surface area contributed by atoms with Gasteiger partial charge in [0, 0.05) is 29.9 Å². The highest BCUT2D eigenvalue weighted by Gasteiger charge is 2.27. The predicted molar refractivity (Wildman–Crippen MR) is 266 cm³/mol. The number of carbonyl (C=O) groups excluding carboxylic acids is 3. The Morgan fingerprint density at radius 3 is 1.10 bits per heavy atom. The van der Waals surface area contributed by atoms with Crippen molar-refractivity contribution in [3.05, 3.63) is 93.2 Å². The molecular formula is C51H83N3O5S2. The van der Waals surface area contributed by atoms with E-state index in [0.29, 0.717) is 17.3 Å². The second-order valence-electron chi connectivity index (χ2n) is 17.1. The summed E-state index contributed by atoms with van der Waals surface area (Å²) in [5.74, 6) is -0.732. The lowest BCUT2D eigenvalue weighted by Crippen LogP contribution is -2.55. The average molecular weight is 882 g/mol. The van der Waals surface area contributed by atoms with E-state index in [2.05, 4.69) is 134 Å². The van der Waals surface area contributed by atoms with Gasteiger partial charge in [-0.3, -0.25) is 14.4 Å². The Hall–Kier alpha value is -3.50. The van der Waals surface area contributed by atoms with E-state index in [1.165, 1.54) is 82.0 Å². The standard InChI is InChI=1S/C51H83N3O5S2/c1-37(2)19-13-21-39(5)23-15-25-41(7)27-17-29-43(9)31-33-60-35-47(53-46(12)55)50(57)52-45(11)49(56)54-48(51(58)59)36-61-34-32-44(10)30-18-28-42(8)26-16-24-40(6)22-14-20-38(3)4/h19-20,23-24,27-28,31-32,45,47-48H,13-18,21-22,25-26,29-30,33-36H2,1-12H3,(H,52,57)(H,53,55)(H,54,56)(H,58,59)/b39-23+,40-24+,41-27+,42-28+,43-31+,44-32+/t45-,47+,48+/m0/s1. The minimum atomic E-state index is -1.13. The van der Waals surface area contributed by atoms with Gasteiger partial charge in [0.15, 0.2) is 0 Å². The zero-order valence-corrected chi connectivity index (χ0v) is 41.7. The fourth-order valence-corrected chi connectivity index (χ4v) is 8.04. The molecule has 0 heterocycles. The van der Waals surface area contributed by atoms with Gasteiger partial charge >= 0.3 is 5.97 Å². The second kappa shape index (κ2) is 35.0. The van der Waals surface area contributed by atoms with Gasteiger partial charge in [0.2, 0.25) is 17.7 Å². The minimum Gasteiger partial charge on any atom is -0.480 e. The number of rotatable bonds is 32. The van der Waals surface area contributed by atoms with E-state index >= 15 is 0 Å². The summed E-state index contributed by atoms with van der Waals surface area (Å²) in [6.07, 6.45) is 30.7. The van der Waals surface area contributed by atoms with Crippen molar-refractivity contribution in [2.24, 2.45) is 0 Å². The van der Waals surface area contributed by atoms with Crippen LogP contribution in [0.4, 0.5) is 0 Å². The first-order valence-electron chi connectivity index (χ1n) is 22.3. The van der Waals surface area contributed by atoms with Crippen LogP contribution in [0.3, 0.4) is 0 Å². The molecule has 0 aliphatic carbocycles. The number of aliphatic carboxylic acids is 1. The molecule has 0 aromatic carbocycles. The Kier molecular flexibility index (Phi) is 33.0. The molecule has 0 bridgehead atoms. The Morgan fingerprint density at radius 1 is 0.443 bits per heavy atom. The maximum atomic E-state index is 13.2. The Balaban J connectivity index is 4.78. The molecule has 0 saturated heterocycles. The van der Waals surface area contributed by atoms with Gasteiger partial charge in [-0.1, -0.05) is 93.2 Å². The molecule has 4 N–H and O–H groups in total. The number of allylic oxidation sites excluding steroid dienone is 14. The number of thioether (sulfide) groups is 2. The van der Waals surface area contributed by atoms with Crippen molar-refractivity contribution in [1.82, 2.24) is 16.0 Å². The van der Waals surface area contributed by atoms with E-state index in [0.717, 1.165) is 77.0 Å². The van der Waals surface area contributed by atoms with Crippen LogP contribution in [0, 0.1) is 0 Å². The molecule has 3 amide bonds. The third-order valence-electron chi connectivity index (χ3n) is 10.0. The number of nitrogens with one attached hydrogen (secondary N) is 3. The molecule has 0 aromatic rings. The van der Waals surface area contributed by atoms with Gasteiger partial charge in [-0.25, -0.2) is 4.79 Å². The summed E-state index contributed by atoms with van der Waals surface area (Å²) in [5.41, 5.74) is 10.9. The lowest BCUT2D eigenvalue weighted by atomic mass is 10.0. The molecule has 0 aliphatic rings. The number of hydrogen-bond acceptors (Lipinski definition) is 6. The maximum absolute atomic E-state index is 13.2. The molecule has 8 nitrogen and oxygen atoms in total. The SMILES string of the molecule is CC(=O)N[C@H](CSC/C=C(\C)CC/C=C(\C)CC/C=C(\C)CCC=C(C)C)C(=O)N[C@@H](C)C(=O)N[C@H](CSC/C=C(\C)CC/C=C(\C)CC/C=C(\C)CCC=C(C)C)C(=O)O. The Bertz CT molecular complexity index is 1610. The van der Waals surface area contributed by atoms with Gasteiger partial charge in [-0.2, -0.15) is 23.5 Å². The molecule has 344 valence electrons. The van der Waals surface area contributed by atoms with Crippen LogP contribution in [-0.2, 0) is 19.2 Å². The van der Waals surface area contributed by atoms with Crippen molar-refractivity contribution >= 4 is 47.2 Å². The molecule has 0 rings (SSSR count). The Morgan fingerprint density at radius 2 is 0.770 bits per heavy atom. The fourth-order valence-electron chi connectivity index (χ4n) is 6.03. The molecular weight excluding hydrogens is 799 g/mol. The first kappa shape index (κ1) is 57.5. The van der Waals surface area contributed by atoms with Crippen LogP contribution in [0.5, 0.6) is 0 Å². The van der Waals surface area contributed by atoms with E-state index in [-0.39, 0.29) is 11.7 Å². The predicted octanol–water partition coefficient (Wildman–Crippen LogP) is 12.3. The van der Waals surface area contributed by atoms with Crippen molar-refractivity contribution < 1.29 is 24.3 Å². The first-order chi connectivity index (χ1) is 28.8. The van der Waals surface area contributed by atoms with E-state index < -0.39 is 35.9 Å². The van der Waals surface area contributed by atoms with Crippen LogP contribution < -0.4 is 16.0 Å². The van der Waals surface area contributed by atoms with Gasteiger partial charge in [-0.05, 0) is 153 Å². The van der Waals surface area contributed by atoms with Crippen LogP contribution in [0.25, 0.3) is 0 Å². The van der Waals surface area contributed by atoms with E-state index in [1.54, 1.807) is 0 Å². The van der Waals surface area contributed by atoms with E-state index in [9.17, 15) is 24.3 Å². The zero-order valence-electron chi connectivity index (χ0n) is 40.1. The number of carboxylic acid groups (broad SMARTS) is 1. The third kappa shape index (κ3) is 33.8. The molecule has 0 aromatic heterocycles. The summed E-state index contributed by atoms with van der Waals surface area (Å²) < 4.78 is 0. The summed E-state index contributed by atoms with van der Waals surface area (Å²) in [6, 6.07) is -2.93. The van der Waals surface area contributed by atoms with Crippen molar-refractivity contribution in [3.63, 3.8) is 0 Å². The second-order valence-corrected chi connectivity index (χ2v) is 19.2. The minimum absolute atomic E-state index is 0.189. The molecule has 61 heavy (non-hydrogen) atoms. The fraction of sp³-hybridized carbons (Fsp3) is 0.608. The normalized spacial score (nSPS) is 14.5. The lowest BCUT2D eigenvalue weighted by Gasteiger charge is -2.22. The third-order valence-corrected chi connectivity index (χ3v) is 12.0. The van der Waals surface area contributed by atoms with Crippen molar-refractivity contribution in [1.29, 1.82) is 0 Å². The summed E-state index contributed by atoms with van der Waals surface area (Å²) in [4.78, 5) is 50.1. The molecule has 0 radical (unpaired) electrons. The highest BCUT2D eigenvalue weighted by molar-refractivity contribution is 7.99. The number of amides is 3. The van der Waals surface area contributed by atoms with Gasteiger partial charge in [0.1, 0.15) is 18.1 Å². The molecule has 0 fully saturated rings. The van der Waals surface area contributed by atoms with Crippen molar-refractivity contribution in [3.8, 4) is 0 Å². The number of carbonyl (C=O) groups is 4. The summed E-state index contributed by atoms with van der Waals surface area (Å²) in [6.45, 7) is 24.4. The number of carboxylic acids is 1. The molecule has 0 aliphatic heterocycles.